The summed E-state index contributed by atoms with van der Waals surface area (Å²) in [6.07, 6.45) is 0. The molecule has 0 saturated carbocycles. The van der Waals surface area contributed by atoms with Gasteiger partial charge in [0.1, 0.15) is 0 Å². The summed E-state index contributed by atoms with van der Waals surface area (Å²) in [6.45, 7) is 6.66. The minimum Gasteiger partial charge on any atom is -0.379 e. The Morgan fingerprint density at radius 1 is 1.07 bits per heavy atom. The van der Waals surface area contributed by atoms with Crippen LogP contribution in [0.3, 0.4) is 0 Å². The van der Waals surface area contributed by atoms with E-state index in [2.05, 4.69) is 15.3 Å². The SMILES string of the molecule is Cc1cc(C)nc(NC(=O)c2ccc(C)c(S(=O)(=O)N3CCOCC3)c2)n1. The van der Waals surface area contributed by atoms with Gasteiger partial charge in [0.2, 0.25) is 16.0 Å². The zero-order chi connectivity index (χ0) is 19.6. The topological polar surface area (TPSA) is 101 Å². The maximum atomic E-state index is 12.9. The van der Waals surface area contributed by atoms with E-state index in [4.69, 9.17) is 4.74 Å². The number of hydrogen-bond donors (Lipinski definition) is 1. The van der Waals surface area contributed by atoms with Crippen LogP contribution in [0.5, 0.6) is 0 Å². The third-order valence-corrected chi connectivity index (χ3v) is 6.29. The summed E-state index contributed by atoms with van der Waals surface area (Å²) in [7, 11) is -3.69. The molecule has 1 fully saturated rings. The second-order valence-electron chi connectivity index (χ2n) is 6.43. The predicted octanol–water partition coefficient (Wildman–Crippen LogP) is 1.68. The number of amides is 1. The van der Waals surface area contributed by atoms with Crippen molar-refractivity contribution in [2.45, 2.75) is 25.7 Å². The van der Waals surface area contributed by atoms with E-state index in [9.17, 15) is 13.2 Å². The molecule has 8 nitrogen and oxygen atoms in total. The van der Waals surface area contributed by atoms with Gasteiger partial charge in [-0.2, -0.15) is 4.31 Å². The summed E-state index contributed by atoms with van der Waals surface area (Å²) in [5.41, 5.74) is 2.28. The average Bonchev–Trinajstić information content (AvgIpc) is 2.61. The average molecular weight is 390 g/mol. The monoisotopic (exact) mass is 390 g/mol. The standard InChI is InChI=1S/C18H22N4O4S/c1-12-4-5-15(17(23)21-18-19-13(2)10-14(3)20-18)11-16(12)27(24,25)22-6-8-26-9-7-22/h4-5,10-11H,6-9H2,1-3H3,(H,19,20,21,23). The second-order valence-corrected chi connectivity index (χ2v) is 8.33. The highest BCUT2D eigenvalue weighted by Gasteiger charge is 2.28. The van der Waals surface area contributed by atoms with Crippen molar-refractivity contribution < 1.29 is 17.9 Å². The van der Waals surface area contributed by atoms with Crippen molar-refractivity contribution in [2.24, 2.45) is 0 Å². The van der Waals surface area contributed by atoms with Crippen molar-refractivity contribution in [3.05, 3.63) is 46.8 Å². The molecular formula is C18H22N4O4S. The molecule has 2 aromatic rings. The van der Waals surface area contributed by atoms with Crippen molar-refractivity contribution in [3.8, 4) is 0 Å². The molecule has 0 radical (unpaired) electrons. The van der Waals surface area contributed by atoms with Crippen LogP contribution in [0.15, 0.2) is 29.2 Å². The lowest BCUT2D eigenvalue weighted by Crippen LogP contribution is -2.40. The van der Waals surface area contributed by atoms with Crippen LogP contribution in [0.25, 0.3) is 0 Å². The van der Waals surface area contributed by atoms with E-state index in [-0.39, 0.29) is 16.4 Å². The fourth-order valence-corrected chi connectivity index (χ4v) is 4.56. The minimum atomic E-state index is -3.69. The zero-order valence-electron chi connectivity index (χ0n) is 15.5. The molecular weight excluding hydrogens is 368 g/mol. The van der Waals surface area contributed by atoms with Crippen LogP contribution in [-0.4, -0.2) is 54.9 Å². The number of ether oxygens (including phenoxy) is 1. The maximum absolute atomic E-state index is 12.9. The van der Waals surface area contributed by atoms with E-state index < -0.39 is 15.9 Å². The normalized spacial score (nSPS) is 15.5. The Morgan fingerprint density at radius 3 is 2.33 bits per heavy atom. The number of nitrogens with zero attached hydrogens (tertiary/aromatic N) is 3. The Balaban J connectivity index is 1.89. The summed E-state index contributed by atoms with van der Waals surface area (Å²) in [4.78, 5) is 21.1. The lowest BCUT2D eigenvalue weighted by Gasteiger charge is -2.26. The van der Waals surface area contributed by atoms with Crippen molar-refractivity contribution in [3.63, 3.8) is 0 Å². The Morgan fingerprint density at radius 2 is 1.70 bits per heavy atom. The van der Waals surface area contributed by atoms with E-state index >= 15 is 0 Å². The van der Waals surface area contributed by atoms with Crippen LogP contribution in [0.2, 0.25) is 0 Å². The predicted molar refractivity (Wildman–Crippen MR) is 100 cm³/mol. The fraction of sp³-hybridized carbons (Fsp3) is 0.389. The van der Waals surface area contributed by atoms with Crippen molar-refractivity contribution in [1.82, 2.24) is 14.3 Å². The Bertz CT molecular complexity index is 949. The number of aromatic nitrogens is 2. The number of hydrogen-bond acceptors (Lipinski definition) is 6. The number of anilines is 1. The molecule has 3 rings (SSSR count). The minimum absolute atomic E-state index is 0.124. The number of carbonyl (C=O) groups excluding carboxylic acids is 1. The van der Waals surface area contributed by atoms with Crippen LogP contribution in [0, 0.1) is 20.8 Å². The molecule has 9 heteroatoms. The highest BCUT2D eigenvalue weighted by atomic mass is 32.2. The van der Waals surface area contributed by atoms with Gasteiger partial charge >= 0.3 is 0 Å². The van der Waals surface area contributed by atoms with E-state index in [0.717, 1.165) is 11.4 Å². The quantitative estimate of drug-likeness (QED) is 0.852. The van der Waals surface area contributed by atoms with Crippen molar-refractivity contribution >= 4 is 21.9 Å². The summed E-state index contributed by atoms with van der Waals surface area (Å²) in [5.74, 6) is -0.269. The molecule has 0 atom stereocenters. The van der Waals surface area contributed by atoms with Gasteiger partial charge in [0.15, 0.2) is 0 Å². The molecule has 0 unspecified atom stereocenters. The number of sulfonamides is 1. The number of morpholine rings is 1. The van der Waals surface area contributed by atoms with Crippen LogP contribution in [0.1, 0.15) is 27.3 Å². The van der Waals surface area contributed by atoms with Gasteiger partial charge in [0.25, 0.3) is 5.91 Å². The summed E-state index contributed by atoms with van der Waals surface area (Å²) < 4.78 is 32.5. The first-order chi connectivity index (χ1) is 12.8. The third-order valence-electron chi connectivity index (χ3n) is 4.25. The van der Waals surface area contributed by atoms with Gasteiger partial charge in [0.05, 0.1) is 18.1 Å². The number of rotatable bonds is 4. The first kappa shape index (κ1) is 19.4. The molecule has 1 amide bonds. The largest absolute Gasteiger partial charge is 0.379 e. The lowest BCUT2D eigenvalue weighted by molar-refractivity contribution is 0.0730. The molecule has 144 valence electrons. The Labute approximate surface area is 158 Å². The van der Waals surface area contributed by atoms with E-state index in [0.29, 0.717) is 31.9 Å². The second kappa shape index (κ2) is 7.71. The molecule has 1 aliphatic heterocycles. The summed E-state index contributed by atoms with van der Waals surface area (Å²) in [6, 6.07) is 6.42. The number of benzene rings is 1. The summed E-state index contributed by atoms with van der Waals surface area (Å²) in [5, 5.41) is 2.63. The van der Waals surface area contributed by atoms with Gasteiger partial charge in [0, 0.05) is 30.0 Å². The first-order valence-electron chi connectivity index (χ1n) is 8.59. The molecule has 1 aromatic heterocycles. The smallest absolute Gasteiger partial charge is 0.258 e. The molecule has 1 aromatic carbocycles. The van der Waals surface area contributed by atoms with Gasteiger partial charge in [-0.1, -0.05) is 6.07 Å². The fourth-order valence-electron chi connectivity index (χ4n) is 2.90. The number of nitrogens with one attached hydrogen (secondary N) is 1. The molecule has 1 aliphatic rings. The van der Waals surface area contributed by atoms with Crippen LogP contribution in [-0.2, 0) is 14.8 Å². The van der Waals surface area contributed by atoms with Gasteiger partial charge in [-0.25, -0.2) is 18.4 Å². The molecule has 0 bridgehead atoms. The van der Waals surface area contributed by atoms with Crippen molar-refractivity contribution in [2.75, 3.05) is 31.6 Å². The zero-order valence-corrected chi connectivity index (χ0v) is 16.3. The number of aryl methyl sites for hydroxylation is 3. The molecule has 1 N–H and O–H groups in total. The lowest BCUT2D eigenvalue weighted by atomic mass is 10.1. The maximum Gasteiger partial charge on any atom is 0.258 e. The molecule has 0 aliphatic carbocycles. The van der Waals surface area contributed by atoms with Gasteiger partial charge in [-0.15, -0.1) is 0 Å². The van der Waals surface area contributed by atoms with E-state index in [1.807, 2.05) is 13.8 Å². The molecule has 1 saturated heterocycles. The van der Waals surface area contributed by atoms with Crippen LogP contribution >= 0.6 is 0 Å². The van der Waals surface area contributed by atoms with E-state index in [1.165, 1.54) is 10.4 Å². The molecule has 27 heavy (non-hydrogen) atoms. The molecule has 2 heterocycles. The molecule has 0 spiro atoms. The highest BCUT2D eigenvalue weighted by molar-refractivity contribution is 7.89. The van der Waals surface area contributed by atoms with E-state index in [1.54, 1.807) is 25.1 Å². The summed E-state index contributed by atoms with van der Waals surface area (Å²) >= 11 is 0. The Hall–Kier alpha value is -2.36. The first-order valence-corrected chi connectivity index (χ1v) is 10.0. The van der Waals surface area contributed by atoms with Crippen LogP contribution in [0.4, 0.5) is 5.95 Å². The number of carbonyl (C=O) groups is 1. The van der Waals surface area contributed by atoms with Crippen molar-refractivity contribution in [1.29, 1.82) is 0 Å². The third kappa shape index (κ3) is 4.32. The highest BCUT2D eigenvalue weighted by Crippen LogP contribution is 2.22. The van der Waals surface area contributed by atoms with Gasteiger partial charge < -0.3 is 4.74 Å². The Kier molecular flexibility index (Phi) is 5.54. The van der Waals surface area contributed by atoms with Gasteiger partial charge in [-0.05, 0) is 44.5 Å². The van der Waals surface area contributed by atoms with Crippen LogP contribution < -0.4 is 5.32 Å². The van der Waals surface area contributed by atoms with Gasteiger partial charge in [-0.3, -0.25) is 10.1 Å².